The predicted octanol–water partition coefficient (Wildman–Crippen LogP) is 1.67. The van der Waals surface area contributed by atoms with Crippen molar-refractivity contribution >= 4 is 23.8 Å². The lowest BCUT2D eigenvalue weighted by Crippen LogP contribution is -2.48. The van der Waals surface area contributed by atoms with Crippen molar-refractivity contribution < 1.29 is 14.4 Å². The lowest BCUT2D eigenvalue weighted by atomic mass is 10.0. The molecule has 0 bridgehead atoms. The van der Waals surface area contributed by atoms with Crippen LogP contribution in [0.5, 0.6) is 0 Å². The van der Waals surface area contributed by atoms with E-state index in [4.69, 9.17) is 0 Å². The average Bonchev–Trinajstić information content (AvgIpc) is 3.31. The maximum atomic E-state index is 12.4. The summed E-state index contributed by atoms with van der Waals surface area (Å²) in [6.45, 7) is 1.92. The first kappa shape index (κ1) is 15.2. The Bertz CT molecular complexity index is 512. The maximum Gasteiger partial charge on any atom is 0.289 e. The number of benzene rings is 1. The van der Waals surface area contributed by atoms with Crippen molar-refractivity contribution in [2.45, 2.75) is 44.7 Å². The highest BCUT2D eigenvalue weighted by molar-refractivity contribution is 6.39. The largest absolute Gasteiger partial charge is 0.347 e. The maximum absolute atomic E-state index is 12.4. The molecule has 1 atom stereocenters. The Labute approximate surface area is 124 Å². The third-order valence-electron chi connectivity index (χ3n) is 3.50. The molecule has 1 N–H and O–H groups in total. The van der Waals surface area contributed by atoms with E-state index in [1.807, 2.05) is 13.0 Å². The number of ketones is 1. The van der Waals surface area contributed by atoms with E-state index >= 15 is 0 Å². The molecule has 2 rings (SSSR count). The van der Waals surface area contributed by atoms with Gasteiger partial charge in [-0.25, -0.2) is 0 Å². The molecule has 5 heteroatoms. The van der Waals surface area contributed by atoms with Crippen molar-refractivity contribution in [3.63, 3.8) is 0 Å². The second-order valence-corrected chi connectivity index (χ2v) is 5.26. The van der Waals surface area contributed by atoms with Crippen molar-refractivity contribution in [3.05, 3.63) is 30.3 Å². The highest BCUT2D eigenvalue weighted by atomic mass is 16.2. The van der Waals surface area contributed by atoms with Crippen molar-refractivity contribution in [3.8, 4) is 0 Å². The lowest BCUT2D eigenvalue weighted by Gasteiger charge is -2.26. The number of rotatable bonds is 8. The van der Waals surface area contributed by atoms with Crippen molar-refractivity contribution in [1.82, 2.24) is 5.32 Å². The van der Waals surface area contributed by atoms with Crippen LogP contribution in [-0.4, -0.2) is 30.2 Å². The summed E-state index contributed by atoms with van der Waals surface area (Å²) in [6.07, 6.45) is 3.65. The van der Waals surface area contributed by atoms with Crippen LogP contribution in [0.2, 0.25) is 0 Å². The van der Waals surface area contributed by atoms with Gasteiger partial charge in [0.1, 0.15) is 6.04 Å². The van der Waals surface area contributed by atoms with E-state index < -0.39 is 17.7 Å². The first-order valence-electron chi connectivity index (χ1n) is 7.30. The molecule has 112 valence electrons. The minimum atomic E-state index is -0.742. The van der Waals surface area contributed by atoms with Crippen LogP contribution in [0.25, 0.3) is 0 Å². The van der Waals surface area contributed by atoms with Gasteiger partial charge in [0.05, 0.1) is 0 Å². The lowest BCUT2D eigenvalue weighted by molar-refractivity contribution is -0.139. The van der Waals surface area contributed by atoms with Gasteiger partial charge in [0, 0.05) is 11.7 Å². The number of anilines is 1. The Morgan fingerprint density at radius 1 is 1.33 bits per heavy atom. The number of nitrogens with one attached hydrogen (secondary N) is 1. The molecule has 0 aromatic heterocycles. The summed E-state index contributed by atoms with van der Waals surface area (Å²) < 4.78 is 0. The molecule has 1 saturated carbocycles. The summed E-state index contributed by atoms with van der Waals surface area (Å²) >= 11 is 0. The summed E-state index contributed by atoms with van der Waals surface area (Å²) in [5.74, 6) is -1.13. The highest BCUT2D eigenvalue weighted by Crippen LogP contribution is 2.21. The Balaban J connectivity index is 2.16. The van der Waals surface area contributed by atoms with E-state index in [2.05, 4.69) is 5.32 Å². The fourth-order valence-corrected chi connectivity index (χ4v) is 2.22. The molecule has 2 amide bonds. The van der Waals surface area contributed by atoms with Gasteiger partial charge in [-0.3, -0.25) is 14.4 Å². The zero-order valence-electron chi connectivity index (χ0n) is 12.1. The first-order chi connectivity index (χ1) is 10.2. The van der Waals surface area contributed by atoms with E-state index in [0.29, 0.717) is 24.9 Å². The molecule has 5 nitrogen and oxygen atoms in total. The van der Waals surface area contributed by atoms with Gasteiger partial charge in [0.15, 0.2) is 0 Å². The molecule has 1 aliphatic carbocycles. The van der Waals surface area contributed by atoms with E-state index in [0.717, 1.165) is 12.8 Å². The normalized spacial score (nSPS) is 15.1. The number of nitrogens with zero attached hydrogens (tertiary/aromatic N) is 1. The number of para-hydroxylation sites is 1. The van der Waals surface area contributed by atoms with E-state index in [1.54, 1.807) is 24.3 Å². The third kappa shape index (κ3) is 3.90. The minimum Gasteiger partial charge on any atom is -0.347 e. The zero-order chi connectivity index (χ0) is 15.2. The van der Waals surface area contributed by atoms with E-state index in [9.17, 15) is 14.4 Å². The smallest absolute Gasteiger partial charge is 0.289 e. The Morgan fingerprint density at radius 2 is 2.00 bits per heavy atom. The Hall–Kier alpha value is -2.17. The van der Waals surface area contributed by atoms with Gasteiger partial charge >= 0.3 is 0 Å². The van der Waals surface area contributed by atoms with Crippen LogP contribution in [0.1, 0.15) is 32.6 Å². The molecular weight excluding hydrogens is 268 g/mol. The van der Waals surface area contributed by atoms with Crippen LogP contribution in [0.3, 0.4) is 0 Å². The third-order valence-corrected chi connectivity index (χ3v) is 3.50. The molecule has 0 radical (unpaired) electrons. The highest BCUT2D eigenvalue weighted by Gasteiger charge is 2.33. The number of carbonyl (C=O) groups excluding carboxylic acids is 3. The van der Waals surface area contributed by atoms with Crippen LogP contribution in [0, 0.1) is 0 Å². The topological polar surface area (TPSA) is 66.5 Å². The molecule has 0 aliphatic heterocycles. The van der Waals surface area contributed by atoms with Crippen molar-refractivity contribution in [2.75, 3.05) is 4.90 Å². The number of carbonyl (C=O) groups is 3. The molecule has 21 heavy (non-hydrogen) atoms. The second-order valence-electron chi connectivity index (χ2n) is 5.26. The molecule has 0 saturated heterocycles. The van der Waals surface area contributed by atoms with Gasteiger partial charge in [0.2, 0.25) is 12.2 Å². The van der Waals surface area contributed by atoms with Gasteiger partial charge in [0.25, 0.3) is 5.91 Å². The van der Waals surface area contributed by atoms with Gasteiger partial charge < -0.3 is 10.2 Å². The van der Waals surface area contributed by atoms with Gasteiger partial charge in [-0.05, 0) is 31.4 Å². The van der Waals surface area contributed by atoms with Crippen LogP contribution in [-0.2, 0) is 14.4 Å². The fourth-order valence-electron chi connectivity index (χ4n) is 2.22. The van der Waals surface area contributed by atoms with Gasteiger partial charge in [-0.15, -0.1) is 0 Å². The number of amides is 2. The summed E-state index contributed by atoms with van der Waals surface area (Å²) in [7, 11) is 0. The van der Waals surface area contributed by atoms with Gasteiger partial charge in [-0.2, -0.15) is 0 Å². The molecule has 1 aliphatic rings. The molecule has 0 spiro atoms. The second kappa shape index (κ2) is 7.02. The Morgan fingerprint density at radius 3 is 2.52 bits per heavy atom. The first-order valence-corrected chi connectivity index (χ1v) is 7.30. The fraction of sp³-hybridized carbons (Fsp3) is 0.438. The van der Waals surface area contributed by atoms with Crippen LogP contribution >= 0.6 is 0 Å². The molecule has 1 fully saturated rings. The van der Waals surface area contributed by atoms with Gasteiger partial charge in [-0.1, -0.05) is 31.5 Å². The van der Waals surface area contributed by atoms with Crippen LogP contribution in [0.4, 0.5) is 5.69 Å². The summed E-state index contributed by atoms with van der Waals surface area (Å²) in [5, 5.41) is 2.69. The average molecular weight is 288 g/mol. The predicted molar refractivity (Wildman–Crippen MR) is 79.9 cm³/mol. The SMILES string of the molecule is CCCC(C(=O)C(=O)NC1CC1)N(C=O)c1ccccc1. The molecule has 0 heterocycles. The van der Waals surface area contributed by atoms with Crippen LogP contribution in [0.15, 0.2) is 30.3 Å². The van der Waals surface area contributed by atoms with E-state index in [-0.39, 0.29) is 6.04 Å². The standard InChI is InChI=1S/C16H20N2O3/c1-2-6-14(15(20)16(21)17-12-9-10-12)18(11-19)13-7-4-3-5-8-13/h3-5,7-8,11-12,14H,2,6,9-10H2,1H3,(H,17,21). The summed E-state index contributed by atoms with van der Waals surface area (Å²) in [4.78, 5) is 37.1. The number of Topliss-reactive ketones (excluding diaryl/α,β-unsaturated/α-hetero) is 1. The molecule has 1 unspecified atom stereocenters. The van der Waals surface area contributed by atoms with E-state index in [1.165, 1.54) is 4.90 Å². The number of hydrogen-bond acceptors (Lipinski definition) is 3. The molecule has 1 aromatic carbocycles. The van der Waals surface area contributed by atoms with Crippen LogP contribution < -0.4 is 10.2 Å². The Kier molecular flexibility index (Phi) is 5.09. The monoisotopic (exact) mass is 288 g/mol. The molecule has 1 aromatic rings. The van der Waals surface area contributed by atoms with Crippen molar-refractivity contribution in [2.24, 2.45) is 0 Å². The zero-order valence-corrected chi connectivity index (χ0v) is 12.1. The minimum absolute atomic E-state index is 0.130. The quantitative estimate of drug-likeness (QED) is 0.584. The summed E-state index contributed by atoms with van der Waals surface area (Å²) in [5.41, 5.74) is 0.624. The summed E-state index contributed by atoms with van der Waals surface area (Å²) in [6, 6.07) is 8.32. The number of hydrogen-bond donors (Lipinski definition) is 1. The molecular formula is C16H20N2O3. The van der Waals surface area contributed by atoms with Crippen molar-refractivity contribution in [1.29, 1.82) is 0 Å².